The van der Waals surface area contributed by atoms with Crippen LogP contribution in [0.25, 0.3) is 10.9 Å². The molecule has 0 bridgehead atoms. The van der Waals surface area contributed by atoms with Crippen LogP contribution in [0.2, 0.25) is 0 Å². The molecule has 0 saturated heterocycles. The van der Waals surface area contributed by atoms with E-state index >= 15 is 0 Å². The molecule has 0 aliphatic rings. The minimum absolute atomic E-state index is 0.260. The van der Waals surface area contributed by atoms with Crippen LogP contribution in [0.5, 0.6) is 0 Å². The summed E-state index contributed by atoms with van der Waals surface area (Å²) in [4.78, 5) is 4.08. The number of benzene rings is 1. The quantitative estimate of drug-likeness (QED) is 0.644. The number of hydrogen-bond donors (Lipinski definition) is 1. The fourth-order valence-corrected chi connectivity index (χ4v) is 2.60. The summed E-state index contributed by atoms with van der Waals surface area (Å²) in [7, 11) is -3.76. The fourth-order valence-electron chi connectivity index (χ4n) is 1.20. The Balaban J connectivity index is 2.48. The van der Waals surface area contributed by atoms with Gasteiger partial charge in [0.05, 0.1) is 16.3 Å². The first-order valence-corrected chi connectivity index (χ1v) is 6.85. The molecule has 0 spiro atoms. The molecule has 1 heterocycles. The van der Waals surface area contributed by atoms with Crippen LogP contribution in [-0.4, -0.2) is 18.0 Å². The molecule has 0 aliphatic heterocycles. The number of para-hydroxylation sites is 1. The van der Waals surface area contributed by atoms with Gasteiger partial charge in [0.15, 0.2) is 0 Å². The molecule has 15 heavy (non-hydrogen) atoms. The van der Waals surface area contributed by atoms with Crippen molar-refractivity contribution in [2.45, 2.75) is 5.03 Å². The third-order valence-electron chi connectivity index (χ3n) is 1.76. The Hall–Kier alpha value is -1.11. The van der Waals surface area contributed by atoms with Gasteiger partial charge in [-0.1, -0.05) is 24.3 Å². The fraction of sp³-hybridized carbons (Fsp3) is 0. The predicted molar refractivity (Wildman–Crippen MR) is 59.1 cm³/mol. The molecule has 0 unspecified atom stereocenters. The van der Waals surface area contributed by atoms with Gasteiger partial charge < -0.3 is 0 Å². The van der Waals surface area contributed by atoms with Crippen LogP contribution in [-0.2, 0) is 9.15 Å². The number of rotatable bonds is 2. The molecule has 2 aromatic rings. The summed E-state index contributed by atoms with van der Waals surface area (Å²) in [6.07, 6.45) is 0. The van der Waals surface area contributed by atoms with Crippen molar-refractivity contribution in [2.24, 2.45) is 0 Å². The lowest BCUT2D eigenvalue weighted by Crippen LogP contribution is -1.91. The maximum Gasteiger partial charge on any atom is 0.325 e. The smallest absolute Gasteiger partial charge is 0.277 e. The van der Waals surface area contributed by atoms with Gasteiger partial charge in [0.25, 0.3) is 0 Å². The summed E-state index contributed by atoms with van der Waals surface area (Å²) in [5.41, 5.74) is 0.700. The first kappa shape index (κ1) is 10.4. The van der Waals surface area contributed by atoms with E-state index in [0.29, 0.717) is 16.3 Å². The summed E-state index contributed by atoms with van der Waals surface area (Å²) < 4.78 is 29.9. The van der Waals surface area contributed by atoms with Gasteiger partial charge in [-0.05, 0) is 12.1 Å². The van der Waals surface area contributed by atoms with Crippen LogP contribution in [0, 0.1) is 0 Å². The van der Waals surface area contributed by atoms with E-state index in [0.717, 1.165) is 5.39 Å². The maximum atomic E-state index is 10.6. The Morgan fingerprint density at radius 3 is 2.60 bits per heavy atom. The molecule has 0 fully saturated rings. The Morgan fingerprint density at radius 2 is 1.87 bits per heavy atom. The molecule has 1 aromatic carbocycles. The number of hydrogen-bond acceptors (Lipinski definition) is 4. The van der Waals surface area contributed by atoms with Gasteiger partial charge in [0.1, 0.15) is 5.03 Å². The third kappa shape index (κ3) is 2.68. The lowest BCUT2D eigenvalue weighted by Gasteiger charge is -1.99. The minimum atomic E-state index is -4.09. The number of aromatic nitrogens is 1. The Bertz CT molecular complexity index is 595. The van der Waals surface area contributed by atoms with Crippen molar-refractivity contribution in [3.63, 3.8) is 0 Å². The minimum Gasteiger partial charge on any atom is -0.277 e. The van der Waals surface area contributed by atoms with Crippen LogP contribution in [0.3, 0.4) is 0 Å². The molecule has 0 radical (unpaired) electrons. The summed E-state index contributed by atoms with van der Waals surface area (Å²) in [5, 5.41) is 1.19. The van der Waals surface area contributed by atoms with Gasteiger partial charge in [0.2, 0.25) is 0 Å². The average molecular weight is 241 g/mol. The van der Waals surface area contributed by atoms with E-state index in [4.69, 9.17) is 4.55 Å². The summed E-state index contributed by atoms with van der Waals surface area (Å²) in [6, 6.07) is 10.7. The number of pyridine rings is 1. The molecular formula is C9H7NO3S2. The third-order valence-corrected chi connectivity index (χ3v) is 3.52. The molecule has 0 saturated carbocycles. The lowest BCUT2D eigenvalue weighted by atomic mass is 10.2. The van der Waals surface area contributed by atoms with Crippen molar-refractivity contribution < 1.29 is 13.0 Å². The molecule has 2 rings (SSSR count). The Labute approximate surface area is 90.5 Å². The zero-order valence-corrected chi connectivity index (χ0v) is 9.12. The van der Waals surface area contributed by atoms with Crippen LogP contribution >= 0.6 is 10.8 Å². The standard InChI is InChI=1S/C9H7NO3S2/c11-15(12,13)14-9-6-5-7-3-1-2-4-8(7)10-9/h1-6H,(H,11,12,13). The second kappa shape index (κ2) is 3.80. The van der Waals surface area contributed by atoms with Crippen LogP contribution in [0.15, 0.2) is 41.4 Å². The molecule has 78 valence electrons. The average Bonchev–Trinajstić information content (AvgIpc) is 2.15. The topological polar surface area (TPSA) is 67.3 Å². The monoisotopic (exact) mass is 241 g/mol. The predicted octanol–water partition coefficient (Wildman–Crippen LogP) is 2.13. The van der Waals surface area contributed by atoms with E-state index < -0.39 is 9.15 Å². The molecule has 0 atom stereocenters. The molecule has 0 amide bonds. The van der Waals surface area contributed by atoms with Crippen molar-refractivity contribution in [1.29, 1.82) is 0 Å². The molecule has 4 nitrogen and oxygen atoms in total. The van der Waals surface area contributed by atoms with Crippen molar-refractivity contribution in [2.75, 3.05) is 0 Å². The highest BCUT2D eigenvalue weighted by Gasteiger charge is 2.09. The van der Waals surface area contributed by atoms with E-state index in [-0.39, 0.29) is 5.03 Å². The largest absolute Gasteiger partial charge is 0.325 e. The van der Waals surface area contributed by atoms with Gasteiger partial charge in [0, 0.05) is 5.39 Å². The van der Waals surface area contributed by atoms with E-state index in [1.54, 1.807) is 18.2 Å². The second-order valence-corrected chi connectivity index (χ2v) is 6.06. The SMILES string of the molecule is O=S(=O)(O)Sc1ccc2ccccc2n1. The van der Waals surface area contributed by atoms with Crippen molar-refractivity contribution in [3.8, 4) is 0 Å². The molecular weight excluding hydrogens is 234 g/mol. The van der Waals surface area contributed by atoms with Gasteiger partial charge in [-0.2, -0.15) is 8.42 Å². The highest BCUT2D eigenvalue weighted by molar-refractivity contribution is 8.69. The lowest BCUT2D eigenvalue weighted by molar-refractivity contribution is 0.503. The van der Waals surface area contributed by atoms with E-state index in [2.05, 4.69) is 4.98 Å². The summed E-state index contributed by atoms with van der Waals surface area (Å²) >= 11 is 0. The highest BCUT2D eigenvalue weighted by Crippen LogP contribution is 2.23. The Kier molecular flexibility index (Phi) is 2.64. The zero-order valence-electron chi connectivity index (χ0n) is 7.49. The van der Waals surface area contributed by atoms with Gasteiger partial charge in [-0.25, -0.2) is 4.98 Å². The molecule has 1 aromatic heterocycles. The number of fused-ring (bicyclic) bond motifs is 1. The van der Waals surface area contributed by atoms with Crippen molar-refractivity contribution >= 4 is 30.8 Å². The van der Waals surface area contributed by atoms with Crippen LogP contribution < -0.4 is 0 Å². The van der Waals surface area contributed by atoms with E-state index in [1.165, 1.54) is 0 Å². The number of nitrogens with zero attached hydrogens (tertiary/aromatic N) is 1. The second-order valence-electron chi connectivity index (χ2n) is 2.85. The van der Waals surface area contributed by atoms with Crippen molar-refractivity contribution in [1.82, 2.24) is 4.98 Å². The first-order chi connectivity index (χ1) is 7.04. The maximum absolute atomic E-state index is 10.6. The molecule has 6 heteroatoms. The normalized spacial score (nSPS) is 11.8. The van der Waals surface area contributed by atoms with E-state index in [9.17, 15) is 8.42 Å². The van der Waals surface area contributed by atoms with Crippen molar-refractivity contribution in [3.05, 3.63) is 36.4 Å². The van der Waals surface area contributed by atoms with Gasteiger partial charge in [-0.15, -0.1) is 0 Å². The summed E-state index contributed by atoms with van der Waals surface area (Å²) in [6.45, 7) is 0. The Morgan fingerprint density at radius 1 is 1.13 bits per heavy atom. The zero-order chi connectivity index (χ0) is 10.9. The highest BCUT2D eigenvalue weighted by atomic mass is 33.1. The van der Waals surface area contributed by atoms with E-state index in [1.807, 2.05) is 18.2 Å². The molecule has 1 N–H and O–H groups in total. The first-order valence-electron chi connectivity index (χ1n) is 4.07. The van der Waals surface area contributed by atoms with Gasteiger partial charge >= 0.3 is 9.15 Å². The van der Waals surface area contributed by atoms with Gasteiger partial charge in [-0.3, -0.25) is 4.55 Å². The van der Waals surface area contributed by atoms with Crippen LogP contribution in [0.1, 0.15) is 0 Å². The molecule has 0 aliphatic carbocycles. The summed E-state index contributed by atoms with van der Waals surface area (Å²) in [5.74, 6) is 0. The van der Waals surface area contributed by atoms with Crippen LogP contribution in [0.4, 0.5) is 0 Å².